The highest BCUT2D eigenvalue weighted by atomic mass is 16.8. The first kappa shape index (κ1) is 41.9. The van der Waals surface area contributed by atoms with Crippen LogP contribution in [0.25, 0.3) is 0 Å². The molecule has 2 heterocycles. The average Bonchev–Trinajstić information content (AvgIpc) is 3.38. The molecule has 4 aliphatic carbocycles. The lowest BCUT2D eigenvalue weighted by Crippen LogP contribution is -3.17. The van der Waals surface area contributed by atoms with Crippen LogP contribution in [0.15, 0.2) is 58.4 Å². The molecule has 3 fully saturated rings. The van der Waals surface area contributed by atoms with Crippen molar-refractivity contribution in [3.63, 3.8) is 0 Å². The van der Waals surface area contributed by atoms with E-state index in [0.717, 1.165) is 5.57 Å². The zero-order valence-electron chi connectivity index (χ0n) is 33.2. The zero-order valence-corrected chi connectivity index (χ0v) is 33.2. The first-order valence-corrected chi connectivity index (χ1v) is 19.4. The van der Waals surface area contributed by atoms with Crippen LogP contribution in [0.5, 0.6) is 0 Å². The van der Waals surface area contributed by atoms with Gasteiger partial charge < -0.3 is 44.8 Å². The van der Waals surface area contributed by atoms with Crippen LogP contribution in [0.4, 0.5) is 4.79 Å². The van der Waals surface area contributed by atoms with Gasteiger partial charge in [-0.15, -0.1) is 0 Å². The van der Waals surface area contributed by atoms with Gasteiger partial charge in [-0.25, -0.2) is 20.0 Å². The summed E-state index contributed by atoms with van der Waals surface area (Å²) in [7, 11) is 1.18. The number of aldehydes is 1. The number of rotatable bonds is 5. The summed E-state index contributed by atoms with van der Waals surface area (Å²) in [4.78, 5) is 53.3. The molecule has 0 aromatic heterocycles. The van der Waals surface area contributed by atoms with Crippen molar-refractivity contribution in [1.82, 2.24) is 5.32 Å². The molecule has 1 unspecified atom stereocenters. The Morgan fingerprint density at radius 2 is 1.79 bits per heavy atom. The van der Waals surface area contributed by atoms with Gasteiger partial charge in [0.1, 0.15) is 23.7 Å². The van der Waals surface area contributed by atoms with Crippen LogP contribution in [0, 0.1) is 46.1 Å². The number of aliphatic hydroxyl groups is 3. The highest BCUT2D eigenvalue weighted by molar-refractivity contribution is 6.26. The monoisotopic (exact) mass is 784 g/mol. The lowest BCUT2D eigenvalue weighted by Gasteiger charge is -2.55. The second kappa shape index (κ2) is 15.2. The maximum atomic E-state index is 14.9. The van der Waals surface area contributed by atoms with Gasteiger partial charge in [-0.2, -0.15) is 0 Å². The first-order valence-electron chi connectivity index (χ1n) is 19.4. The number of carbonyl (C=O) groups is 4. The summed E-state index contributed by atoms with van der Waals surface area (Å²) in [6, 6.07) is -0.970. The number of hydroxylamine groups is 2. The zero-order chi connectivity index (χ0) is 41.2. The molecule has 0 aromatic rings. The molecule has 0 aromatic carbocycles. The highest BCUT2D eigenvalue weighted by Crippen LogP contribution is 2.60. The third kappa shape index (κ3) is 6.68. The smallest absolute Gasteiger partial charge is 0.407 e. The van der Waals surface area contributed by atoms with E-state index in [1.165, 1.54) is 20.1 Å². The van der Waals surface area contributed by atoms with Gasteiger partial charge in [0.25, 0.3) is 0 Å². The molecule has 15 nitrogen and oxygen atoms in total. The molecule has 15 heteroatoms. The number of carbonyl (C=O) groups excluding carboxylic acids is 4. The number of allylic oxidation sites excluding steroid dienone is 3. The number of hydrogen-bond donors (Lipinski definition) is 6. The predicted molar refractivity (Wildman–Crippen MR) is 198 cm³/mol. The number of esters is 1. The maximum Gasteiger partial charge on any atom is 0.407 e. The fourth-order valence-electron chi connectivity index (χ4n) is 10.9. The van der Waals surface area contributed by atoms with Crippen LogP contribution in [0.2, 0.25) is 0 Å². The molecule has 308 valence electrons. The fraction of sp³-hybridized carbons (Fsp3) is 0.659. The molecule has 2 saturated heterocycles. The molecular weight excluding hydrogens is 728 g/mol. The van der Waals surface area contributed by atoms with Crippen molar-refractivity contribution < 1.29 is 63.9 Å². The van der Waals surface area contributed by atoms with Crippen molar-refractivity contribution in [2.75, 3.05) is 7.11 Å². The fourth-order valence-corrected chi connectivity index (χ4v) is 10.9. The summed E-state index contributed by atoms with van der Waals surface area (Å²) < 4.78 is 23.5. The summed E-state index contributed by atoms with van der Waals surface area (Å²) in [6.45, 7) is 12.6. The van der Waals surface area contributed by atoms with E-state index in [4.69, 9.17) is 18.9 Å². The minimum Gasteiger partial charge on any atom is -0.600 e. The molecule has 1 saturated carbocycles. The van der Waals surface area contributed by atoms with Gasteiger partial charge in [-0.05, 0) is 75.5 Å². The minimum absolute atomic E-state index is 0.0391. The maximum absolute atomic E-state index is 14.9. The Balaban J connectivity index is 1.51. The van der Waals surface area contributed by atoms with E-state index in [2.05, 4.69) is 5.32 Å². The predicted octanol–water partition coefficient (Wildman–Crippen LogP) is 2.70. The molecule has 6 rings (SSSR count). The summed E-state index contributed by atoms with van der Waals surface area (Å²) in [5, 5.41) is 60.1. The number of quaternary nitrogens is 1. The summed E-state index contributed by atoms with van der Waals surface area (Å²) >= 11 is 0. The number of Topliss-reactive ketones (excluding diaryl/α,β-unsaturated/α-hetero) is 1. The number of nitrogens with one attached hydrogen (secondary N) is 2. The van der Waals surface area contributed by atoms with E-state index in [0.29, 0.717) is 18.3 Å². The normalized spacial score (nSPS) is 47.7. The number of amides is 1. The van der Waals surface area contributed by atoms with Crippen LogP contribution in [0.1, 0.15) is 74.1 Å². The largest absolute Gasteiger partial charge is 0.600 e. The van der Waals surface area contributed by atoms with Crippen molar-refractivity contribution in [2.24, 2.45) is 40.9 Å². The lowest BCUT2D eigenvalue weighted by molar-refractivity contribution is -1.09. The van der Waals surface area contributed by atoms with E-state index in [1.807, 2.05) is 45.9 Å². The summed E-state index contributed by atoms with van der Waals surface area (Å²) in [6.07, 6.45) is 3.74. The van der Waals surface area contributed by atoms with Crippen LogP contribution in [0.3, 0.4) is 0 Å². The quantitative estimate of drug-likeness (QED) is 0.0777. The van der Waals surface area contributed by atoms with Crippen LogP contribution < -0.4 is 10.5 Å². The van der Waals surface area contributed by atoms with Crippen molar-refractivity contribution in [2.45, 2.75) is 122 Å². The number of ketones is 1. The molecular formula is C41H56N2O13. The number of aliphatic hydroxyl groups excluding tert-OH is 3. The van der Waals surface area contributed by atoms with Gasteiger partial charge >= 0.3 is 12.1 Å². The average molecular weight is 785 g/mol. The second-order valence-corrected chi connectivity index (χ2v) is 17.3. The van der Waals surface area contributed by atoms with Crippen molar-refractivity contribution in [3.8, 4) is 0 Å². The summed E-state index contributed by atoms with van der Waals surface area (Å²) in [5.41, 5.74) is -4.13. The van der Waals surface area contributed by atoms with Gasteiger partial charge in [0.2, 0.25) is 5.78 Å². The van der Waals surface area contributed by atoms with Crippen LogP contribution >= 0.6 is 0 Å². The Labute approximate surface area is 326 Å². The molecule has 0 radical (unpaired) electrons. The topological polar surface area (TPSA) is 226 Å². The van der Waals surface area contributed by atoms with Gasteiger partial charge in [0.15, 0.2) is 17.4 Å². The highest BCUT2D eigenvalue weighted by Gasteiger charge is 2.64. The number of ether oxygens (including phenoxy) is 4. The van der Waals surface area contributed by atoms with E-state index in [1.54, 1.807) is 19.9 Å². The van der Waals surface area contributed by atoms with E-state index in [-0.39, 0.29) is 36.7 Å². The van der Waals surface area contributed by atoms with E-state index < -0.39 is 111 Å². The van der Waals surface area contributed by atoms with E-state index in [9.17, 15) is 44.9 Å². The Morgan fingerprint density at radius 1 is 1.09 bits per heavy atom. The molecule has 1 amide bonds. The first-order chi connectivity index (χ1) is 26.2. The van der Waals surface area contributed by atoms with Crippen molar-refractivity contribution in [3.05, 3.63) is 63.6 Å². The third-order valence-corrected chi connectivity index (χ3v) is 13.8. The van der Waals surface area contributed by atoms with Crippen molar-refractivity contribution in [1.29, 1.82) is 0 Å². The summed E-state index contributed by atoms with van der Waals surface area (Å²) in [5.74, 6) is -5.05. The lowest BCUT2D eigenvalue weighted by atomic mass is 9.49. The van der Waals surface area contributed by atoms with Crippen LogP contribution in [-0.2, 0) is 33.3 Å². The Hall–Kier alpha value is -3.70. The molecule has 2 bridgehead atoms. The number of alkyl carbamates (subject to hydrolysis) is 1. The molecule has 6 N–H and O–H groups in total. The molecule has 1 spiro atoms. The molecule has 56 heavy (non-hydrogen) atoms. The van der Waals surface area contributed by atoms with Gasteiger partial charge in [0, 0.05) is 23.7 Å². The molecule has 16 atom stereocenters. The Bertz CT molecular complexity index is 1780. The van der Waals surface area contributed by atoms with Gasteiger partial charge in [-0.1, -0.05) is 50.6 Å². The van der Waals surface area contributed by atoms with Gasteiger partial charge in [-0.3, -0.25) is 9.59 Å². The van der Waals surface area contributed by atoms with E-state index >= 15 is 0 Å². The van der Waals surface area contributed by atoms with Crippen LogP contribution in [-0.4, -0.2) is 99.7 Å². The minimum atomic E-state index is -2.08. The molecule has 6 aliphatic rings. The molecule has 2 aliphatic heterocycles. The standard InChI is InChI=1S/C41H56N2O13/c1-19-9-12-29(55-30-17-39(6,43(51)52)34(23(5)54-30)42-38(50)53-8)20(2)14-27-28(45)15-24(18-44)16-41(27)36(48)31(37(49)56-41)35(47)40(7)26(19)11-10-25-32(40)21(3)13-22(4)33(25)46/h9-11,14-15,18,21-23,25-30,32-34,43,45-47,51H,12-13,16-17H2,1-8H3,(H,42,50)/b19-9-,20-14-,35-31-/t21-,22-,23-,25-,26-,27+,28-,29-,30+,32+,33-,34+,39+,40+,41-/m1/s1. The SMILES string of the molecule is COC(=O)N[C@H]1[C@@H](C)O[C@@H](O[C@@H]2C/C=C(/C)[C@H]3C=C[C@H]4[C@H](O)[C@H](C)C[C@@H](C)[C@@H]4[C@@]3(C)/C(O)=C3/C(=O)O[C@@]4(CC(C=O)=C[C@@H](O)[C@@H]4/C=C\2C)C3=O)C[C@]1(C)[NH+]([O-])O. The number of hydrogen-bond acceptors (Lipinski definition) is 13. The van der Waals surface area contributed by atoms with Crippen molar-refractivity contribution >= 4 is 24.1 Å². The number of methoxy groups -OCH3 is 1. The Morgan fingerprint density at radius 3 is 2.43 bits per heavy atom. The number of fused-ring (bicyclic) bond motifs is 4. The third-order valence-electron chi connectivity index (χ3n) is 13.8. The second-order valence-electron chi connectivity index (χ2n) is 17.3. The van der Waals surface area contributed by atoms with Gasteiger partial charge in [0.05, 0.1) is 43.9 Å². The Kier molecular flexibility index (Phi) is 11.4.